The summed E-state index contributed by atoms with van der Waals surface area (Å²) in [4.78, 5) is 3.40. The van der Waals surface area contributed by atoms with Crippen molar-refractivity contribution in [1.29, 1.82) is 0 Å². The van der Waals surface area contributed by atoms with E-state index in [2.05, 4.69) is 17.1 Å². The van der Waals surface area contributed by atoms with Gasteiger partial charge in [-0.1, -0.05) is 36.4 Å². The Labute approximate surface area is 175 Å². The van der Waals surface area contributed by atoms with Gasteiger partial charge in [0.05, 0.1) is 12.6 Å². The predicted molar refractivity (Wildman–Crippen MR) is 117 cm³/mol. The molecule has 0 fully saturated rings. The monoisotopic (exact) mass is 407 g/mol. The van der Waals surface area contributed by atoms with Crippen LogP contribution in [0.1, 0.15) is 0 Å². The van der Waals surface area contributed by atoms with Crippen molar-refractivity contribution in [2.24, 2.45) is 0 Å². The van der Waals surface area contributed by atoms with Crippen molar-refractivity contribution < 1.29 is 24.6 Å². The van der Waals surface area contributed by atoms with Gasteiger partial charge in [-0.15, -0.1) is 0 Å². The molecule has 0 radical (unpaired) electrons. The number of rotatable bonds is 10. The van der Waals surface area contributed by atoms with E-state index in [-0.39, 0.29) is 6.61 Å². The highest BCUT2D eigenvalue weighted by Crippen LogP contribution is 2.33. The van der Waals surface area contributed by atoms with E-state index in [0.717, 1.165) is 45.6 Å². The molecule has 156 valence electrons. The molecule has 4 aromatic rings. The van der Waals surface area contributed by atoms with Gasteiger partial charge >= 0.3 is 0 Å². The van der Waals surface area contributed by atoms with Gasteiger partial charge in [-0.3, -0.25) is 0 Å². The number of aliphatic hydroxyl groups is 1. The fourth-order valence-corrected chi connectivity index (χ4v) is 3.54. The van der Waals surface area contributed by atoms with Crippen LogP contribution in [-0.2, 0) is 0 Å². The first kappa shape index (κ1) is 20.1. The lowest BCUT2D eigenvalue weighted by Gasteiger charge is -2.13. The minimum Gasteiger partial charge on any atom is -0.493 e. The zero-order valence-corrected chi connectivity index (χ0v) is 17.0. The average Bonchev–Trinajstić information content (AvgIpc) is 3.17. The molecule has 1 atom stereocenters. The number of para-hydroxylation sites is 3. The topological polar surface area (TPSA) is 80.3 Å². The number of ether oxygens (including phenoxy) is 3. The molecule has 3 aromatic carbocycles. The molecule has 0 unspecified atom stereocenters. The smallest absolute Gasteiger partial charge is 0.161 e. The number of benzene rings is 3. The SMILES string of the molecule is COc1ccccc1OCC[NH2+]C[C@H](O)COc1cccc2[nH]c3ccccc3c12. The third kappa shape index (κ3) is 4.50. The Hall–Kier alpha value is -3.22. The maximum atomic E-state index is 10.3. The van der Waals surface area contributed by atoms with Gasteiger partial charge in [0.25, 0.3) is 0 Å². The van der Waals surface area contributed by atoms with Crippen molar-refractivity contribution in [2.45, 2.75) is 6.10 Å². The van der Waals surface area contributed by atoms with Crippen LogP contribution >= 0.6 is 0 Å². The average molecular weight is 407 g/mol. The Balaban J connectivity index is 1.26. The number of quaternary nitrogens is 1. The van der Waals surface area contributed by atoms with Crippen LogP contribution in [0.3, 0.4) is 0 Å². The Kier molecular flexibility index (Phi) is 6.37. The van der Waals surface area contributed by atoms with Gasteiger partial charge in [0, 0.05) is 16.3 Å². The van der Waals surface area contributed by atoms with Crippen molar-refractivity contribution in [3.05, 3.63) is 66.7 Å². The fourth-order valence-electron chi connectivity index (χ4n) is 3.54. The molecule has 0 aliphatic heterocycles. The molecule has 0 bridgehead atoms. The first-order valence-electron chi connectivity index (χ1n) is 10.1. The number of methoxy groups -OCH3 is 1. The molecule has 0 saturated carbocycles. The number of hydrogen-bond donors (Lipinski definition) is 3. The normalized spacial score (nSPS) is 12.2. The Morgan fingerprint density at radius 2 is 1.60 bits per heavy atom. The number of aromatic nitrogens is 1. The second kappa shape index (κ2) is 9.52. The molecule has 0 spiro atoms. The van der Waals surface area contributed by atoms with E-state index in [9.17, 15) is 5.11 Å². The zero-order chi connectivity index (χ0) is 20.8. The minimum absolute atomic E-state index is 0.239. The van der Waals surface area contributed by atoms with Gasteiger partial charge in [0.1, 0.15) is 38.2 Å². The van der Waals surface area contributed by atoms with Crippen molar-refractivity contribution >= 4 is 21.8 Å². The van der Waals surface area contributed by atoms with E-state index in [1.807, 2.05) is 59.9 Å². The third-order valence-corrected chi connectivity index (χ3v) is 5.01. The number of aliphatic hydroxyl groups excluding tert-OH is 1. The summed E-state index contributed by atoms with van der Waals surface area (Å²) in [5.74, 6) is 2.23. The maximum absolute atomic E-state index is 10.3. The van der Waals surface area contributed by atoms with E-state index in [4.69, 9.17) is 14.2 Å². The van der Waals surface area contributed by atoms with E-state index < -0.39 is 6.10 Å². The number of hydrogen-bond acceptors (Lipinski definition) is 4. The molecule has 1 heterocycles. The summed E-state index contributed by atoms with van der Waals surface area (Å²) in [6.07, 6.45) is -0.572. The molecule has 0 saturated heterocycles. The predicted octanol–water partition coefficient (Wildman–Crippen LogP) is 2.71. The van der Waals surface area contributed by atoms with Gasteiger partial charge in [-0.2, -0.15) is 0 Å². The lowest BCUT2D eigenvalue weighted by molar-refractivity contribution is -0.661. The second-order valence-electron chi connectivity index (χ2n) is 7.13. The molecule has 30 heavy (non-hydrogen) atoms. The lowest BCUT2D eigenvalue weighted by atomic mass is 10.1. The summed E-state index contributed by atoms with van der Waals surface area (Å²) in [5, 5.41) is 14.5. The highest BCUT2D eigenvalue weighted by molar-refractivity contribution is 6.10. The van der Waals surface area contributed by atoms with E-state index in [1.54, 1.807) is 7.11 Å². The molecule has 6 heteroatoms. The largest absolute Gasteiger partial charge is 0.493 e. The van der Waals surface area contributed by atoms with Gasteiger partial charge in [-0.25, -0.2) is 0 Å². The van der Waals surface area contributed by atoms with Crippen LogP contribution in [0.25, 0.3) is 21.8 Å². The van der Waals surface area contributed by atoms with Gasteiger partial charge in [0.15, 0.2) is 11.5 Å². The van der Waals surface area contributed by atoms with Crippen molar-refractivity contribution in [3.8, 4) is 17.2 Å². The summed E-state index contributed by atoms with van der Waals surface area (Å²) in [6, 6.07) is 21.7. The molecular formula is C24H27N2O4+. The van der Waals surface area contributed by atoms with Crippen molar-refractivity contribution in [1.82, 2.24) is 4.98 Å². The molecule has 0 aliphatic rings. The Bertz CT molecular complexity index is 1110. The number of fused-ring (bicyclic) bond motifs is 3. The number of H-pyrrole nitrogens is 1. The first-order chi connectivity index (χ1) is 14.8. The standard InChI is InChI=1S/C24H26N2O4/c1-28-21-10-4-5-11-22(21)29-14-13-25-15-17(27)16-30-23-12-6-9-20-24(23)18-7-2-3-8-19(18)26-20/h2-12,17,25-27H,13-16H2,1H3/p+1/t17-/m0/s1. The lowest BCUT2D eigenvalue weighted by Crippen LogP contribution is -2.87. The van der Waals surface area contributed by atoms with E-state index in [1.165, 1.54) is 0 Å². The van der Waals surface area contributed by atoms with Crippen LogP contribution in [0.15, 0.2) is 66.7 Å². The number of nitrogens with one attached hydrogen (secondary N) is 1. The summed E-state index contributed by atoms with van der Waals surface area (Å²) in [6.45, 7) is 2.04. The molecule has 4 rings (SSSR count). The molecule has 0 aliphatic carbocycles. The van der Waals surface area contributed by atoms with Crippen LogP contribution in [0.2, 0.25) is 0 Å². The van der Waals surface area contributed by atoms with Crippen LogP contribution in [0.4, 0.5) is 0 Å². The summed E-state index contributed by atoms with van der Waals surface area (Å²) in [7, 11) is 1.63. The molecule has 0 amide bonds. The summed E-state index contributed by atoms with van der Waals surface area (Å²) >= 11 is 0. The summed E-state index contributed by atoms with van der Waals surface area (Å²) < 4.78 is 17.0. The van der Waals surface area contributed by atoms with Crippen molar-refractivity contribution in [3.63, 3.8) is 0 Å². The van der Waals surface area contributed by atoms with Gasteiger partial charge in [-0.05, 0) is 30.3 Å². The quantitative estimate of drug-likeness (QED) is 0.353. The number of aromatic amines is 1. The number of nitrogens with two attached hydrogens (primary N) is 1. The fraction of sp³-hybridized carbons (Fsp3) is 0.250. The maximum Gasteiger partial charge on any atom is 0.161 e. The zero-order valence-electron chi connectivity index (χ0n) is 17.0. The molecule has 6 nitrogen and oxygen atoms in total. The molecule has 4 N–H and O–H groups in total. The van der Waals surface area contributed by atoms with Crippen LogP contribution in [0, 0.1) is 0 Å². The second-order valence-corrected chi connectivity index (χ2v) is 7.13. The third-order valence-electron chi connectivity index (χ3n) is 5.01. The molecule has 1 aromatic heterocycles. The van der Waals surface area contributed by atoms with Crippen molar-refractivity contribution in [2.75, 3.05) is 33.4 Å². The minimum atomic E-state index is -0.572. The Morgan fingerprint density at radius 3 is 2.47 bits per heavy atom. The van der Waals surface area contributed by atoms with Crippen LogP contribution in [-0.4, -0.2) is 49.6 Å². The van der Waals surface area contributed by atoms with Crippen LogP contribution in [0.5, 0.6) is 17.2 Å². The Morgan fingerprint density at radius 1 is 0.867 bits per heavy atom. The van der Waals surface area contributed by atoms with E-state index >= 15 is 0 Å². The molecular weight excluding hydrogens is 380 g/mol. The van der Waals surface area contributed by atoms with Crippen LogP contribution < -0.4 is 19.5 Å². The first-order valence-corrected chi connectivity index (χ1v) is 10.1. The van der Waals surface area contributed by atoms with E-state index in [0.29, 0.717) is 13.2 Å². The van der Waals surface area contributed by atoms with Gasteiger partial charge in [0.2, 0.25) is 0 Å². The summed E-state index contributed by atoms with van der Waals surface area (Å²) in [5.41, 5.74) is 2.11. The highest BCUT2D eigenvalue weighted by Gasteiger charge is 2.12. The highest BCUT2D eigenvalue weighted by atomic mass is 16.5. The van der Waals surface area contributed by atoms with Gasteiger partial charge < -0.3 is 29.6 Å².